The molecular formula is C16H15NO2. The average molecular weight is 253 g/mol. The van der Waals surface area contributed by atoms with Gasteiger partial charge in [-0.05, 0) is 30.7 Å². The van der Waals surface area contributed by atoms with E-state index in [0.717, 1.165) is 5.56 Å². The Morgan fingerprint density at radius 2 is 1.74 bits per heavy atom. The van der Waals surface area contributed by atoms with Crippen LogP contribution in [0.25, 0.3) is 6.08 Å². The first-order valence-corrected chi connectivity index (χ1v) is 5.96. The summed E-state index contributed by atoms with van der Waals surface area (Å²) in [4.78, 5) is 0. The average Bonchev–Trinajstić information content (AvgIpc) is 2.43. The second-order valence-electron chi connectivity index (χ2n) is 4.25. The van der Waals surface area contributed by atoms with E-state index in [2.05, 4.69) is 5.16 Å². The number of rotatable bonds is 3. The summed E-state index contributed by atoms with van der Waals surface area (Å²) < 4.78 is 0. The molecule has 0 aromatic heterocycles. The second kappa shape index (κ2) is 5.87. The molecule has 0 heterocycles. The summed E-state index contributed by atoms with van der Waals surface area (Å²) in [6.45, 7) is 2.02. The molecule has 3 heteroatoms. The van der Waals surface area contributed by atoms with Crippen molar-refractivity contribution in [3.05, 3.63) is 71.3 Å². The lowest BCUT2D eigenvalue weighted by atomic mass is 10.1. The van der Waals surface area contributed by atoms with Gasteiger partial charge in [-0.25, -0.2) is 0 Å². The van der Waals surface area contributed by atoms with E-state index in [-0.39, 0.29) is 5.75 Å². The second-order valence-corrected chi connectivity index (χ2v) is 4.25. The molecule has 0 radical (unpaired) electrons. The van der Waals surface area contributed by atoms with Crippen molar-refractivity contribution in [3.8, 4) is 5.75 Å². The van der Waals surface area contributed by atoms with Crippen molar-refractivity contribution >= 4 is 11.8 Å². The largest absolute Gasteiger partial charge is 0.507 e. The third-order valence-corrected chi connectivity index (χ3v) is 2.80. The molecular weight excluding hydrogens is 238 g/mol. The maximum Gasteiger partial charge on any atom is 0.125 e. The van der Waals surface area contributed by atoms with Gasteiger partial charge < -0.3 is 10.3 Å². The first-order chi connectivity index (χ1) is 9.20. The zero-order valence-electron chi connectivity index (χ0n) is 10.6. The molecule has 0 fully saturated rings. The van der Waals surface area contributed by atoms with Crippen molar-refractivity contribution in [1.29, 1.82) is 0 Å². The van der Waals surface area contributed by atoms with Crippen molar-refractivity contribution in [1.82, 2.24) is 0 Å². The predicted octanol–water partition coefficient (Wildman–Crippen LogP) is 3.59. The van der Waals surface area contributed by atoms with Crippen LogP contribution in [0, 0.1) is 6.92 Å². The van der Waals surface area contributed by atoms with Crippen molar-refractivity contribution in [3.63, 3.8) is 0 Å². The van der Waals surface area contributed by atoms with Crippen LogP contribution in [0.15, 0.2) is 59.8 Å². The molecule has 0 saturated carbocycles. The van der Waals surface area contributed by atoms with Crippen LogP contribution in [0.5, 0.6) is 5.75 Å². The van der Waals surface area contributed by atoms with Gasteiger partial charge in [0.2, 0.25) is 0 Å². The first-order valence-electron chi connectivity index (χ1n) is 5.96. The highest BCUT2D eigenvalue weighted by molar-refractivity contribution is 6.12. The lowest BCUT2D eigenvalue weighted by Gasteiger charge is -2.02. The standard InChI is InChI=1S/C16H15NO2/c1-12-6-8-13(9-7-12)10-11-15(17-19)14-4-2-3-5-16(14)18/h2-11,18-19H,1H3. The predicted molar refractivity (Wildman–Crippen MR) is 76.6 cm³/mol. The molecule has 0 aliphatic carbocycles. The Bertz CT molecular complexity index is 613. The molecule has 3 nitrogen and oxygen atoms in total. The van der Waals surface area contributed by atoms with Crippen LogP contribution < -0.4 is 0 Å². The van der Waals surface area contributed by atoms with Gasteiger partial charge in [-0.2, -0.15) is 0 Å². The zero-order valence-corrected chi connectivity index (χ0v) is 10.6. The molecule has 0 atom stereocenters. The van der Waals surface area contributed by atoms with Gasteiger partial charge in [-0.3, -0.25) is 0 Å². The summed E-state index contributed by atoms with van der Waals surface area (Å²) in [5.41, 5.74) is 3.00. The number of para-hydroxylation sites is 1. The van der Waals surface area contributed by atoms with E-state index in [9.17, 15) is 5.11 Å². The van der Waals surface area contributed by atoms with Crippen LogP contribution in [-0.2, 0) is 0 Å². The highest BCUT2D eigenvalue weighted by atomic mass is 16.4. The van der Waals surface area contributed by atoms with Crippen LogP contribution in [0.3, 0.4) is 0 Å². The fourth-order valence-corrected chi connectivity index (χ4v) is 1.72. The van der Waals surface area contributed by atoms with Crippen LogP contribution in [0.1, 0.15) is 16.7 Å². The van der Waals surface area contributed by atoms with Gasteiger partial charge in [-0.1, -0.05) is 53.2 Å². The van der Waals surface area contributed by atoms with Gasteiger partial charge in [0, 0.05) is 5.56 Å². The third-order valence-electron chi connectivity index (χ3n) is 2.80. The van der Waals surface area contributed by atoms with Crippen molar-refractivity contribution < 1.29 is 10.3 Å². The molecule has 96 valence electrons. The van der Waals surface area contributed by atoms with E-state index in [1.54, 1.807) is 30.3 Å². The molecule has 0 aliphatic rings. The number of allylic oxidation sites excluding steroid dienone is 1. The summed E-state index contributed by atoms with van der Waals surface area (Å²) in [5.74, 6) is 0.0869. The van der Waals surface area contributed by atoms with Crippen LogP contribution in [-0.4, -0.2) is 16.0 Å². The van der Waals surface area contributed by atoms with E-state index >= 15 is 0 Å². The molecule has 0 bridgehead atoms. The zero-order chi connectivity index (χ0) is 13.7. The van der Waals surface area contributed by atoms with Crippen molar-refractivity contribution in [2.24, 2.45) is 5.16 Å². The molecule has 2 aromatic carbocycles. The molecule has 2 rings (SSSR count). The number of benzene rings is 2. The smallest absolute Gasteiger partial charge is 0.125 e. The lowest BCUT2D eigenvalue weighted by Crippen LogP contribution is -1.96. The van der Waals surface area contributed by atoms with Crippen LogP contribution in [0.2, 0.25) is 0 Å². The van der Waals surface area contributed by atoms with Gasteiger partial charge in [0.15, 0.2) is 0 Å². The Morgan fingerprint density at radius 1 is 1.05 bits per heavy atom. The summed E-state index contributed by atoms with van der Waals surface area (Å²) >= 11 is 0. The lowest BCUT2D eigenvalue weighted by molar-refractivity contribution is 0.319. The van der Waals surface area contributed by atoms with Crippen LogP contribution in [0.4, 0.5) is 0 Å². The van der Waals surface area contributed by atoms with Gasteiger partial charge in [0.05, 0.1) is 0 Å². The quantitative estimate of drug-likeness (QED) is 0.499. The third kappa shape index (κ3) is 3.22. The summed E-state index contributed by atoms with van der Waals surface area (Å²) in [6, 6.07) is 14.7. The highest BCUT2D eigenvalue weighted by Gasteiger charge is 2.05. The Kier molecular flexibility index (Phi) is 3.98. The minimum absolute atomic E-state index is 0.0869. The van der Waals surface area contributed by atoms with Crippen molar-refractivity contribution in [2.75, 3.05) is 0 Å². The van der Waals surface area contributed by atoms with Gasteiger partial charge in [0.1, 0.15) is 11.5 Å². The van der Waals surface area contributed by atoms with Gasteiger partial charge in [0.25, 0.3) is 0 Å². The van der Waals surface area contributed by atoms with E-state index in [1.807, 2.05) is 37.3 Å². The molecule has 0 unspecified atom stereocenters. The number of phenolic OH excluding ortho intramolecular Hbond substituents is 1. The van der Waals surface area contributed by atoms with Crippen LogP contribution >= 0.6 is 0 Å². The Hall–Kier alpha value is -2.55. The Morgan fingerprint density at radius 3 is 2.37 bits per heavy atom. The number of hydrogen-bond donors (Lipinski definition) is 2. The molecule has 0 aliphatic heterocycles. The van der Waals surface area contributed by atoms with E-state index in [4.69, 9.17) is 5.21 Å². The molecule has 2 N–H and O–H groups in total. The minimum Gasteiger partial charge on any atom is -0.507 e. The summed E-state index contributed by atoms with van der Waals surface area (Å²) in [5, 5.41) is 22.0. The maximum atomic E-state index is 9.72. The van der Waals surface area contributed by atoms with Gasteiger partial charge >= 0.3 is 0 Å². The number of phenols is 1. The fourth-order valence-electron chi connectivity index (χ4n) is 1.72. The van der Waals surface area contributed by atoms with E-state index < -0.39 is 0 Å². The Labute approximate surface area is 112 Å². The van der Waals surface area contributed by atoms with Crippen molar-refractivity contribution in [2.45, 2.75) is 6.92 Å². The summed E-state index contributed by atoms with van der Waals surface area (Å²) in [6.07, 6.45) is 3.50. The topological polar surface area (TPSA) is 52.8 Å². The van der Waals surface area contributed by atoms with E-state index in [0.29, 0.717) is 11.3 Å². The fraction of sp³-hybridized carbons (Fsp3) is 0.0625. The van der Waals surface area contributed by atoms with Gasteiger partial charge in [-0.15, -0.1) is 0 Å². The minimum atomic E-state index is 0.0869. The number of hydrogen-bond acceptors (Lipinski definition) is 3. The Balaban J connectivity index is 2.25. The first kappa shape index (κ1) is 12.9. The SMILES string of the molecule is Cc1ccc(C=CC(=NO)c2ccccc2O)cc1. The number of nitrogens with zero attached hydrogens (tertiary/aromatic N) is 1. The highest BCUT2D eigenvalue weighted by Crippen LogP contribution is 2.17. The maximum absolute atomic E-state index is 9.72. The summed E-state index contributed by atoms with van der Waals surface area (Å²) in [7, 11) is 0. The number of aromatic hydroxyl groups is 1. The molecule has 0 spiro atoms. The van der Waals surface area contributed by atoms with E-state index in [1.165, 1.54) is 5.56 Å². The number of aryl methyl sites for hydroxylation is 1. The monoisotopic (exact) mass is 253 g/mol. The molecule has 0 saturated heterocycles. The normalized spacial score (nSPS) is 11.9. The number of oxime groups is 1. The molecule has 2 aromatic rings. The molecule has 0 amide bonds. The molecule has 19 heavy (non-hydrogen) atoms.